The van der Waals surface area contributed by atoms with Gasteiger partial charge in [-0.3, -0.25) is 0 Å². The smallest absolute Gasteiger partial charge is 0.218 e. The van der Waals surface area contributed by atoms with Crippen LogP contribution in [0.5, 0.6) is 0 Å². The van der Waals surface area contributed by atoms with E-state index < -0.39 is 10.0 Å². The van der Waals surface area contributed by atoms with Gasteiger partial charge >= 0.3 is 0 Å². The zero-order valence-corrected chi connectivity index (χ0v) is 16.1. The molecule has 1 aromatic carbocycles. The number of nitrogens with zero attached hydrogens (tertiary/aromatic N) is 4. The summed E-state index contributed by atoms with van der Waals surface area (Å²) in [5.41, 5.74) is 2.70. The van der Waals surface area contributed by atoms with E-state index in [0.29, 0.717) is 13.1 Å². The van der Waals surface area contributed by atoms with E-state index in [1.165, 1.54) is 0 Å². The zero-order valence-electron chi connectivity index (χ0n) is 15.2. The molecular weight excluding hydrogens is 362 g/mol. The quantitative estimate of drug-likeness (QED) is 0.730. The maximum atomic E-state index is 12.7. The van der Waals surface area contributed by atoms with Crippen molar-refractivity contribution in [1.82, 2.24) is 18.9 Å². The number of anilines is 1. The zero-order chi connectivity index (χ0) is 18.9. The topological polar surface area (TPSA) is 79.6 Å². The average molecular weight is 385 g/mol. The van der Waals surface area contributed by atoms with Crippen LogP contribution >= 0.6 is 0 Å². The number of benzene rings is 1. The fraction of sp³-hybridized carbons (Fsp3) is 0.368. The monoisotopic (exact) mass is 385 g/mol. The van der Waals surface area contributed by atoms with Gasteiger partial charge in [0.05, 0.1) is 11.4 Å². The number of rotatable bonds is 5. The summed E-state index contributed by atoms with van der Waals surface area (Å²) >= 11 is 0. The summed E-state index contributed by atoms with van der Waals surface area (Å²) in [6.07, 6.45) is 5.06. The second-order valence-corrected chi connectivity index (χ2v) is 8.92. The first-order valence-corrected chi connectivity index (χ1v) is 10.7. The summed E-state index contributed by atoms with van der Waals surface area (Å²) in [5.74, 6) is 0.853. The normalized spacial score (nSPS) is 16.6. The van der Waals surface area contributed by atoms with Crippen molar-refractivity contribution < 1.29 is 8.42 Å². The summed E-state index contributed by atoms with van der Waals surface area (Å²) in [5, 5.41) is 7.87. The molecule has 1 fully saturated rings. The van der Waals surface area contributed by atoms with Gasteiger partial charge in [0.15, 0.2) is 5.82 Å². The lowest BCUT2D eigenvalue weighted by molar-refractivity contribution is 0.329. The van der Waals surface area contributed by atoms with E-state index in [0.717, 1.165) is 35.4 Å². The summed E-state index contributed by atoms with van der Waals surface area (Å²) in [7, 11) is -3.29. The highest BCUT2D eigenvalue weighted by Gasteiger charge is 2.28. The van der Waals surface area contributed by atoms with Crippen LogP contribution in [-0.4, -0.2) is 46.5 Å². The Balaban J connectivity index is 1.40. The van der Waals surface area contributed by atoms with Crippen LogP contribution in [0.2, 0.25) is 0 Å². The highest BCUT2D eigenvalue weighted by Crippen LogP contribution is 2.22. The van der Waals surface area contributed by atoms with Crippen LogP contribution in [0.15, 0.2) is 48.8 Å². The fourth-order valence-corrected chi connectivity index (χ4v) is 5.07. The molecule has 0 aliphatic carbocycles. The van der Waals surface area contributed by atoms with Crippen LogP contribution in [-0.2, 0) is 15.8 Å². The number of piperidine rings is 1. The van der Waals surface area contributed by atoms with E-state index in [1.54, 1.807) is 10.5 Å². The Hall–Kier alpha value is -2.45. The van der Waals surface area contributed by atoms with E-state index in [1.807, 2.05) is 54.0 Å². The first-order valence-electron chi connectivity index (χ1n) is 9.10. The Morgan fingerprint density at radius 3 is 2.67 bits per heavy atom. The number of sulfonamides is 1. The number of aromatic nitrogens is 3. The number of hydrogen-bond acceptors (Lipinski definition) is 5. The summed E-state index contributed by atoms with van der Waals surface area (Å²) in [6.45, 7) is 3.00. The van der Waals surface area contributed by atoms with Crippen molar-refractivity contribution in [2.75, 3.05) is 18.4 Å². The van der Waals surface area contributed by atoms with Crippen molar-refractivity contribution in [3.05, 3.63) is 60.0 Å². The lowest BCUT2D eigenvalue weighted by atomic mass is 10.1. The molecule has 3 heterocycles. The van der Waals surface area contributed by atoms with Crippen LogP contribution in [0.25, 0.3) is 5.52 Å². The largest absolute Gasteiger partial charge is 0.365 e. The van der Waals surface area contributed by atoms with Crippen LogP contribution in [0, 0.1) is 6.92 Å². The minimum atomic E-state index is -3.29. The van der Waals surface area contributed by atoms with E-state index in [4.69, 9.17) is 0 Å². The molecule has 2 aromatic heterocycles. The Morgan fingerprint density at radius 1 is 1.19 bits per heavy atom. The summed E-state index contributed by atoms with van der Waals surface area (Å²) < 4.78 is 28.8. The van der Waals surface area contributed by atoms with Gasteiger partial charge in [-0.15, -0.1) is 0 Å². The van der Waals surface area contributed by atoms with Crippen molar-refractivity contribution in [2.24, 2.45) is 0 Å². The molecule has 142 valence electrons. The summed E-state index contributed by atoms with van der Waals surface area (Å²) in [6, 6.07) is 11.5. The molecule has 0 amide bonds. The second kappa shape index (κ2) is 7.28. The average Bonchev–Trinajstić information content (AvgIpc) is 3.04. The SMILES string of the molecule is Cc1cc2c(NC3CCN(S(=O)(=O)Cc4ccccc4)CC3)nccn2n1. The molecule has 1 aliphatic rings. The maximum absolute atomic E-state index is 12.7. The van der Waals surface area contributed by atoms with Gasteiger partial charge in [-0.1, -0.05) is 30.3 Å². The minimum Gasteiger partial charge on any atom is -0.365 e. The van der Waals surface area contributed by atoms with Gasteiger partial charge in [0.1, 0.15) is 5.52 Å². The molecule has 27 heavy (non-hydrogen) atoms. The highest BCUT2D eigenvalue weighted by atomic mass is 32.2. The summed E-state index contributed by atoms with van der Waals surface area (Å²) in [4.78, 5) is 4.43. The van der Waals surface area contributed by atoms with E-state index in [-0.39, 0.29) is 11.8 Å². The van der Waals surface area contributed by atoms with Crippen molar-refractivity contribution in [3.63, 3.8) is 0 Å². The fourth-order valence-electron chi connectivity index (χ4n) is 3.50. The number of fused-ring (bicyclic) bond motifs is 1. The Morgan fingerprint density at radius 2 is 1.93 bits per heavy atom. The van der Waals surface area contributed by atoms with Gasteiger partial charge in [-0.2, -0.15) is 5.10 Å². The molecular formula is C19H23N5O2S. The molecule has 0 unspecified atom stereocenters. The first kappa shape index (κ1) is 17.9. The van der Waals surface area contributed by atoms with Crippen LogP contribution in [0.3, 0.4) is 0 Å². The van der Waals surface area contributed by atoms with Crippen molar-refractivity contribution in [3.8, 4) is 0 Å². The van der Waals surface area contributed by atoms with Crippen molar-refractivity contribution >= 4 is 21.4 Å². The lowest BCUT2D eigenvalue weighted by Crippen LogP contribution is -2.42. The van der Waals surface area contributed by atoms with Gasteiger partial charge in [0, 0.05) is 31.5 Å². The molecule has 0 spiro atoms. The molecule has 0 bridgehead atoms. The van der Waals surface area contributed by atoms with Crippen LogP contribution in [0.4, 0.5) is 5.82 Å². The van der Waals surface area contributed by atoms with Gasteiger partial charge in [0.25, 0.3) is 0 Å². The second-order valence-electron chi connectivity index (χ2n) is 6.95. The molecule has 7 nitrogen and oxygen atoms in total. The predicted molar refractivity (Wildman–Crippen MR) is 105 cm³/mol. The molecule has 1 N–H and O–H groups in total. The van der Waals surface area contributed by atoms with Crippen molar-refractivity contribution in [2.45, 2.75) is 31.6 Å². The lowest BCUT2D eigenvalue weighted by Gasteiger charge is -2.32. The molecule has 0 saturated carbocycles. The maximum Gasteiger partial charge on any atom is 0.218 e. The van der Waals surface area contributed by atoms with Crippen LogP contribution in [0.1, 0.15) is 24.1 Å². The molecule has 4 rings (SSSR count). The Bertz CT molecular complexity index is 1020. The highest BCUT2D eigenvalue weighted by molar-refractivity contribution is 7.88. The number of nitrogens with one attached hydrogen (secondary N) is 1. The third kappa shape index (κ3) is 3.96. The van der Waals surface area contributed by atoms with Gasteiger partial charge in [0.2, 0.25) is 10.0 Å². The number of hydrogen-bond donors (Lipinski definition) is 1. The molecule has 3 aromatic rings. The molecule has 1 aliphatic heterocycles. The van der Waals surface area contributed by atoms with Gasteiger partial charge < -0.3 is 5.32 Å². The predicted octanol–water partition coefficient (Wildman–Crippen LogP) is 2.44. The van der Waals surface area contributed by atoms with E-state index >= 15 is 0 Å². The molecule has 0 atom stereocenters. The molecule has 0 radical (unpaired) electrons. The van der Waals surface area contributed by atoms with Crippen LogP contribution < -0.4 is 5.32 Å². The van der Waals surface area contributed by atoms with Crippen molar-refractivity contribution in [1.29, 1.82) is 0 Å². The van der Waals surface area contributed by atoms with E-state index in [2.05, 4.69) is 15.4 Å². The van der Waals surface area contributed by atoms with E-state index in [9.17, 15) is 8.42 Å². The molecule has 1 saturated heterocycles. The van der Waals surface area contributed by atoms with Gasteiger partial charge in [-0.05, 0) is 31.4 Å². The standard InChI is InChI=1S/C19H23N5O2S/c1-15-13-18-19(20-9-12-24(18)22-15)21-17-7-10-23(11-8-17)27(25,26)14-16-5-3-2-4-6-16/h2-6,9,12-13,17H,7-8,10-11,14H2,1H3,(H,20,21). The molecule has 8 heteroatoms. The Labute approximate surface area is 159 Å². The minimum absolute atomic E-state index is 0.0574. The van der Waals surface area contributed by atoms with Gasteiger partial charge in [-0.25, -0.2) is 22.2 Å². The number of aryl methyl sites for hydroxylation is 1. The third-order valence-corrected chi connectivity index (χ3v) is 6.74. The first-order chi connectivity index (χ1) is 13.0. The Kier molecular flexibility index (Phi) is 4.84. The third-order valence-electron chi connectivity index (χ3n) is 4.89.